The Labute approximate surface area is 241 Å². The van der Waals surface area contributed by atoms with Crippen molar-refractivity contribution in [2.75, 3.05) is 33.9 Å². The number of fused-ring (bicyclic) bond motifs is 8. The predicted octanol–water partition coefficient (Wildman–Crippen LogP) is 3.38. The molecule has 10 nitrogen and oxygen atoms in total. The van der Waals surface area contributed by atoms with Crippen molar-refractivity contribution in [3.8, 4) is 23.0 Å². The van der Waals surface area contributed by atoms with Gasteiger partial charge in [-0.05, 0) is 36.4 Å². The van der Waals surface area contributed by atoms with Crippen molar-refractivity contribution in [3.05, 3.63) is 76.8 Å². The highest BCUT2D eigenvalue weighted by atomic mass is 32.1. The molecule has 3 aliphatic rings. The van der Waals surface area contributed by atoms with Gasteiger partial charge in [-0.2, -0.15) is 0 Å². The van der Waals surface area contributed by atoms with E-state index in [-0.39, 0.29) is 37.1 Å². The minimum absolute atomic E-state index is 0.219. The number of nitrogens with one attached hydrogen (secondary N) is 2. The number of aromatic nitrogens is 1. The summed E-state index contributed by atoms with van der Waals surface area (Å²) in [4.78, 5) is 33.0. The number of carbonyl (C=O) groups is 2. The molecule has 0 saturated carbocycles. The molecule has 4 aromatic rings. The van der Waals surface area contributed by atoms with Crippen molar-refractivity contribution in [3.63, 3.8) is 0 Å². The van der Waals surface area contributed by atoms with E-state index >= 15 is 0 Å². The SMILES string of the molecule is COc1cc2cc(c1)C(=O)N[C@H]1CN(Cc3nc4ccccc4s3)C[C@@H]1Oc1ccc(c(OC)c1)CNC(=O)CO2. The van der Waals surface area contributed by atoms with E-state index < -0.39 is 0 Å². The monoisotopic (exact) mass is 574 g/mol. The molecule has 4 heterocycles. The van der Waals surface area contributed by atoms with Gasteiger partial charge in [0.25, 0.3) is 11.8 Å². The third-order valence-corrected chi connectivity index (χ3v) is 8.15. The summed E-state index contributed by atoms with van der Waals surface area (Å²) < 4.78 is 24.3. The highest BCUT2D eigenvalue weighted by Crippen LogP contribution is 2.29. The van der Waals surface area contributed by atoms with Crippen molar-refractivity contribution < 1.29 is 28.5 Å². The molecule has 0 unspecified atom stereocenters. The van der Waals surface area contributed by atoms with Crippen LogP contribution in [0.15, 0.2) is 60.7 Å². The molecule has 41 heavy (non-hydrogen) atoms. The Hall–Kier alpha value is -4.35. The molecule has 7 rings (SSSR count). The second-order valence-electron chi connectivity index (χ2n) is 9.94. The van der Waals surface area contributed by atoms with Gasteiger partial charge in [0.2, 0.25) is 0 Å². The van der Waals surface area contributed by atoms with Gasteiger partial charge in [-0.25, -0.2) is 4.98 Å². The molecule has 2 atom stereocenters. The lowest BCUT2D eigenvalue weighted by Crippen LogP contribution is -2.45. The summed E-state index contributed by atoms with van der Waals surface area (Å²) in [7, 11) is 3.09. The number of likely N-dealkylation sites (tertiary alicyclic amines) is 1. The lowest BCUT2D eigenvalue weighted by atomic mass is 10.1. The largest absolute Gasteiger partial charge is 0.497 e. The molecular formula is C30H30N4O6S. The van der Waals surface area contributed by atoms with Crippen molar-refractivity contribution in [2.24, 2.45) is 0 Å². The molecule has 0 radical (unpaired) electrons. The minimum Gasteiger partial charge on any atom is -0.497 e. The van der Waals surface area contributed by atoms with Crippen LogP contribution in [-0.2, 0) is 17.9 Å². The van der Waals surface area contributed by atoms with E-state index in [2.05, 4.69) is 21.6 Å². The number of ether oxygens (including phenoxy) is 4. The van der Waals surface area contributed by atoms with Crippen LogP contribution < -0.4 is 29.6 Å². The Morgan fingerprint density at radius 2 is 1.90 bits per heavy atom. The summed E-state index contributed by atoms with van der Waals surface area (Å²) in [5, 5.41) is 7.01. The maximum atomic E-state index is 13.5. The first-order valence-corrected chi connectivity index (χ1v) is 14.1. The zero-order valence-corrected chi connectivity index (χ0v) is 23.5. The predicted molar refractivity (Wildman–Crippen MR) is 154 cm³/mol. The van der Waals surface area contributed by atoms with Gasteiger partial charge in [0.05, 0.1) is 37.0 Å². The van der Waals surface area contributed by atoms with Gasteiger partial charge < -0.3 is 29.6 Å². The van der Waals surface area contributed by atoms with Crippen molar-refractivity contribution >= 4 is 33.4 Å². The van der Waals surface area contributed by atoms with Crippen LogP contribution in [0.5, 0.6) is 23.0 Å². The van der Waals surface area contributed by atoms with Gasteiger partial charge >= 0.3 is 0 Å². The van der Waals surface area contributed by atoms with Gasteiger partial charge in [-0.15, -0.1) is 11.3 Å². The number of methoxy groups -OCH3 is 2. The van der Waals surface area contributed by atoms with E-state index in [0.717, 1.165) is 20.8 Å². The van der Waals surface area contributed by atoms with Crippen molar-refractivity contribution in [2.45, 2.75) is 25.2 Å². The molecule has 3 aliphatic heterocycles. The van der Waals surface area contributed by atoms with Crippen LogP contribution in [0.2, 0.25) is 0 Å². The Bertz CT molecular complexity index is 1560. The van der Waals surface area contributed by atoms with E-state index in [9.17, 15) is 9.59 Å². The number of nitrogens with zero attached hydrogens (tertiary/aromatic N) is 2. The van der Waals surface area contributed by atoms with Gasteiger partial charge in [-0.1, -0.05) is 12.1 Å². The molecule has 1 saturated heterocycles. The molecule has 2 amide bonds. The average molecular weight is 575 g/mol. The molecular weight excluding hydrogens is 544 g/mol. The summed E-state index contributed by atoms with van der Waals surface area (Å²) in [5.74, 6) is 1.40. The third kappa shape index (κ3) is 6.06. The first-order chi connectivity index (χ1) is 20.0. The van der Waals surface area contributed by atoms with Crippen LogP contribution in [0.25, 0.3) is 10.2 Å². The maximum Gasteiger partial charge on any atom is 0.258 e. The summed E-state index contributed by atoms with van der Waals surface area (Å²) in [6, 6.07) is 18.2. The topological polar surface area (TPSA) is 111 Å². The van der Waals surface area contributed by atoms with Crippen LogP contribution >= 0.6 is 11.3 Å². The fourth-order valence-corrected chi connectivity index (χ4v) is 6.10. The molecule has 11 heteroatoms. The van der Waals surface area contributed by atoms with Crippen LogP contribution in [-0.4, -0.2) is 67.8 Å². The summed E-state index contributed by atoms with van der Waals surface area (Å²) >= 11 is 1.67. The molecule has 2 N–H and O–H groups in total. The Morgan fingerprint density at radius 3 is 2.73 bits per heavy atom. The number of hydrogen-bond acceptors (Lipinski definition) is 9. The number of benzene rings is 3. The van der Waals surface area contributed by atoms with Gasteiger partial charge in [0.15, 0.2) is 6.61 Å². The van der Waals surface area contributed by atoms with Crippen molar-refractivity contribution in [1.29, 1.82) is 0 Å². The van der Waals surface area contributed by atoms with E-state index in [1.165, 1.54) is 7.11 Å². The number of carbonyl (C=O) groups excluding carboxylic acids is 2. The van der Waals surface area contributed by atoms with Crippen molar-refractivity contribution in [1.82, 2.24) is 20.5 Å². The maximum absolute atomic E-state index is 13.5. The Balaban J connectivity index is 1.30. The number of amides is 2. The molecule has 1 aromatic heterocycles. The van der Waals surface area contributed by atoms with E-state index in [4.69, 9.17) is 23.9 Å². The van der Waals surface area contributed by atoms with Gasteiger partial charge in [-0.3, -0.25) is 14.5 Å². The Morgan fingerprint density at radius 1 is 1.02 bits per heavy atom. The van der Waals surface area contributed by atoms with E-state index in [0.29, 0.717) is 48.2 Å². The summed E-state index contributed by atoms with van der Waals surface area (Å²) in [6.45, 7) is 1.85. The van der Waals surface area contributed by atoms with Gasteiger partial charge in [0, 0.05) is 42.9 Å². The van der Waals surface area contributed by atoms with Crippen LogP contribution in [0, 0.1) is 0 Å². The van der Waals surface area contributed by atoms with E-state index in [1.807, 2.05) is 30.3 Å². The first-order valence-electron chi connectivity index (χ1n) is 13.3. The quantitative estimate of drug-likeness (QED) is 0.382. The number of hydrogen-bond donors (Lipinski definition) is 2. The number of thiazole rings is 1. The van der Waals surface area contributed by atoms with Crippen LogP contribution in [0.4, 0.5) is 0 Å². The minimum atomic E-state index is -0.333. The fourth-order valence-electron chi connectivity index (χ4n) is 5.09. The third-order valence-electron chi connectivity index (χ3n) is 7.13. The molecule has 212 valence electrons. The normalized spacial score (nSPS) is 19.5. The molecule has 0 aliphatic carbocycles. The Kier molecular flexibility index (Phi) is 7.62. The summed E-state index contributed by atoms with van der Waals surface area (Å²) in [5.41, 5.74) is 2.14. The lowest BCUT2D eigenvalue weighted by molar-refractivity contribution is -0.123. The van der Waals surface area contributed by atoms with E-state index in [1.54, 1.807) is 42.7 Å². The molecule has 3 aromatic carbocycles. The van der Waals surface area contributed by atoms with Gasteiger partial charge in [0.1, 0.15) is 34.1 Å². The standard InChI is InChI=1S/C30H30N4O6S/c1-37-21-9-19-10-22(11-21)39-17-28(35)31-13-18-7-8-20(12-25(18)38-2)40-26-15-34(14-24(26)33-30(19)36)16-29-32-23-5-3-4-6-27(23)41-29/h3-12,24,26H,13-17H2,1-2H3,(H,31,35)(H,33,36)/t24-,26-/m0/s1. The second kappa shape index (κ2) is 11.6. The lowest BCUT2D eigenvalue weighted by Gasteiger charge is -2.22. The highest BCUT2D eigenvalue weighted by molar-refractivity contribution is 7.18. The smallest absolute Gasteiger partial charge is 0.258 e. The number of rotatable bonds is 4. The summed E-state index contributed by atoms with van der Waals surface area (Å²) in [6.07, 6.45) is -0.333. The fraction of sp³-hybridized carbons (Fsp3) is 0.300. The average Bonchev–Trinajstić information content (AvgIpc) is 3.57. The highest BCUT2D eigenvalue weighted by Gasteiger charge is 2.36. The molecule has 1 fully saturated rings. The zero-order valence-electron chi connectivity index (χ0n) is 22.7. The zero-order chi connectivity index (χ0) is 28.3. The second-order valence-corrected chi connectivity index (χ2v) is 11.1. The van der Waals surface area contributed by atoms with Crippen LogP contribution in [0.1, 0.15) is 20.9 Å². The van der Waals surface area contributed by atoms with Crippen LogP contribution in [0.3, 0.4) is 0 Å². The number of para-hydroxylation sites is 1. The molecule has 4 bridgehead atoms. The first kappa shape index (κ1) is 26.9. The molecule has 0 spiro atoms.